The molecule has 2 heterocycles. The summed E-state index contributed by atoms with van der Waals surface area (Å²) in [5, 5.41) is 11.2. The summed E-state index contributed by atoms with van der Waals surface area (Å²) in [6, 6.07) is 22.8. The van der Waals surface area contributed by atoms with E-state index in [4.69, 9.17) is 17.6 Å². The second-order valence-corrected chi connectivity index (χ2v) is 8.91. The number of nitrogens with zero attached hydrogens (tertiary/aromatic N) is 2. The number of ether oxygens (including phenoxy) is 1. The number of anilines is 2. The number of imide groups is 1. The number of carbonyl (C=O) groups excluding carboxylic acids is 3. The van der Waals surface area contributed by atoms with Gasteiger partial charge in [0.05, 0.1) is 27.9 Å². The van der Waals surface area contributed by atoms with Gasteiger partial charge in [-0.05, 0) is 66.7 Å². The number of aliphatic hydroxyl groups is 1. The van der Waals surface area contributed by atoms with Gasteiger partial charge >= 0.3 is 0 Å². The Morgan fingerprint density at radius 2 is 1.33 bits per heavy atom. The van der Waals surface area contributed by atoms with Gasteiger partial charge in [0.1, 0.15) is 11.5 Å². The molecule has 4 aromatic carbocycles. The Labute approximate surface area is 223 Å². The number of hydrogen-bond donors (Lipinski definition) is 1. The fourth-order valence-corrected chi connectivity index (χ4v) is 4.84. The number of rotatable bonds is 4. The molecule has 0 aliphatic carbocycles. The maximum Gasteiger partial charge on any atom is 0.266 e. The Balaban J connectivity index is 1.33. The van der Waals surface area contributed by atoms with Crippen molar-refractivity contribution in [3.8, 4) is 36.2 Å². The number of amides is 3. The molecule has 0 bridgehead atoms. The Kier molecular flexibility index (Phi) is 5.50. The van der Waals surface area contributed by atoms with Crippen molar-refractivity contribution in [1.29, 1.82) is 0 Å². The van der Waals surface area contributed by atoms with Gasteiger partial charge in [0.2, 0.25) is 0 Å². The molecule has 6 rings (SSSR count). The van der Waals surface area contributed by atoms with E-state index in [2.05, 4.69) is 11.8 Å². The van der Waals surface area contributed by atoms with E-state index in [1.54, 1.807) is 72.8 Å². The van der Waals surface area contributed by atoms with Gasteiger partial charge in [-0.3, -0.25) is 19.3 Å². The molecule has 0 saturated carbocycles. The fourth-order valence-electron chi connectivity index (χ4n) is 4.84. The minimum absolute atomic E-state index is 0.167. The van der Waals surface area contributed by atoms with Crippen LogP contribution in [0.4, 0.5) is 11.4 Å². The van der Waals surface area contributed by atoms with E-state index in [1.807, 2.05) is 0 Å². The zero-order valence-electron chi connectivity index (χ0n) is 20.3. The second-order valence-electron chi connectivity index (χ2n) is 8.91. The van der Waals surface area contributed by atoms with Gasteiger partial charge in [-0.25, -0.2) is 4.90 Å². The molecule has 0 aromatic heterocycles. The molecule has 1 unspecified atom stereocenters. The molecule has 39 heavy (non-hydrogen) atoms. The minimum atomic E-state index is -1.33. The first-order chi connectivity index (χ1) is 18.9. The van der Waals surface area contributed by atoms with E-state index >= 15 is 0 Å². The SMILES string of the molecule is C#Cc1cccc(N2C(=O)c3ccc(Oc4cccc5c4C(O)N(c4cccc(C#C)c4)C5=O)cc3C2=O)c1. The van der Waals surface area contributed by atoms with E-state index in [1.165, 1.54) is 17.0 Å². The maximum absolute atomic E-state index is 13.2. The molecule has 1 atom stereocenters. The van der Waals surface area contributed by atoms with Crippen molar-refractivity contribution in [2.24, 2.45) is 0 Å². The smallest absolute Gasteiger partial charge is 0.266 e. The summed E-state index contributed by atoms with van der Waals surface area (Å²) in [5.41, 5.74) is 2.88. The molecule has 0 radical (unpaired) electrons. The van der Waals surface area contributed by atoms with Crippen LogP contribution in [0, 0.1) is 24.7 Å². The Morgan fingerprint density at radius 1 is 0.692 bits per heavy atom. The van der Waals surface area contributed by atoms with Gasteiger partial charge in [0, 0.05) is 16.8 Å². The first-order valence-electron chi connectivity index (χ1n) is 11.9. The van der Waals surface area contributed by atoms with Crippen LogP contribution in [0.25, 0.3) is 0 Å². The molecular formula is C32H18N2O5. The first-order valence-corrected chi connectivity index (χ1v) is 11.9. The molecule has 7 heteroatoms. The van der Waals surface area contributed by atoms with E-state index in [0.717, 1.165) is 4.90 Å². The highest BCUT2D eigenvalue weighted by molar-refractivity contribution is 6.34. The third-order valence-electron chi connectivity index (χ3n) is 6.67. The summed E-state index contributed by atoms with van der Waals surface area (Å²) in [6.07, 6.45) is 9.65. The van der Waals surface area contributed by atoms with E-state index in [0.29, 0.717) is 22.5 Å². The monoisotopic (exact) mass is 510 g/mol. The summed E-state index contributed by atoms with van der Waals surface area (Å²) in [7, 11) is 0. The summed E-state index contributed by atoms with van der Waals surface area (Å²) >= 11 is 0. The summed E-state index contributed by atoms with van der Waals surface area (Å²) in [6.45, 7) is 0. The number of aliphatic hydroxyl groups excluding tert-OH is 1. The van der Waals surface area contributed by atoms with Crippen LogP contribution >= 0.6 is 0 Å². The first kappa shape index (κ1) is 23.7. The minimum Gasteiger partial charge on any atom is -0.457 e. The van der Waals surface area contributed by atoms with Crippen molar-refractivity contribution in [3.63, 3.8) is 0 Å². The second kappa shape index (κ2) is 9.04. The quantitative estimate of drug-likeness (QED) is 0.312. The van der Waals surface area contributed by atoms with Crippen molar-refractivity contribution in [2.45, 2.75) is 6.23 Å². The van der Waals surface area contributed by atoms with Crippen molar-refractivity contribution in [3.05, 3.63) is 118 Å². The van der Waals surface area contributed by atoms with Crippen molar-refractivity contribution < 1.29 is 24.2 Å². The molecule has 0 spiro atoms. The largest absolute Gasteiger partial charge is 0.457 e. The maximum atomic E-state index is 13.2. The number of hydrogen-bond acceptors (Lipinski definition) is 5. The molecule has 4 aromatic rings. The van der Waals surface area contributed by atoms with Gasteiger partial charge in [0.25, 0.3) is 17.7 Å². The van der Waals surface area contributed by atoms with Crippen molar-refractivity contribution in [1.82, 2.24) is 0 Å². The summed E-state index contributed by atoms with van der Waals surface area (Å²) < 4.78 is 6.08. The van der Waals surface area contributed by atoms with Crippen LogP contribution in [0.3, 0.4) is 0 Å². The summed E-state index contributed by atoms with van der Waals surface area (Å²) in [4.78, 5) is 41.8. The zero-order chi connectivity index (χ0) is 27.3. The van der Waals surface area contributed by atoms with Crippen LogP contribution in [0.2, 0.25) is 0 Å². The standard InChI is InChI=1S/C32H18N2O5/c1-3-19-8-5-10-21(16-19)33-29(35)24-15-14-23(18-26(24)31(33)37)39-27-13-7-12-25-28(27)32(38)34(30(25)36)22-11-6-9-20(4-2)17-22/h1-2,5-18,32,38H. The summed E-state index contributed by atoms with van der Waals surface area (Å²) in [5.74, 6) is 4.13. The fraction of sp³-hybridized carbons (Fsp3) is 0.0312. The predicted molar refractivity (Wildman–Crippen MR) is 145 cm³/mol. The highest BCUT2D eigenvalue weighted by atomic mass is 16.5. The molecule has 0 fully saturated rings. The van der Waals surface area contributed by atoms with Gasteiger partial charge in [0.15, 0.2) is 6.23 Å². The Bertz CT molecular complexity index is 1810. The molecule has 186 valence electrons. The number of terminal acetylenes is 2. The van der Waals surface area contributed by atoms with Crippen molar-refractivity contribution >= 4 is 29.1 Å². The lowest BCUT2D eigenvalue weighted by Crippen LogP contribution is -2.29. The topological polar surface area (TPSA) is 87.2 Å². The molecule has 0 saturated heterocycles. The van der Waals surface area contributed by atoms with Gasteiger partial charge in [-0.2, -0.15) is 0 Å². The van der Waals surface area contributed by atoms with Crippen LogP contribution in [0.5, 0.6) is 11.5 Å². The molecule has 2 aliphatic rings. The Morgan fingerprint density at radius 3 is 2.05 bits per heavy atom. The molecule has 3 amide bonds. The van der Waals surface area contributed by atoms with Gasteiger partial charge in [-0.1, -0.05) is 30.0 Å². The lowest BCUT2D eigenvalue weighted by Gasteiger charge is -2.22. The van der Waals surface area contributed by atoms with E-state index < -0.39 is 23.9 Å². The lowest BCUT2D eigenvalue weighted by atomic mass is 10.1. The van der Waals surface area contributed by atoms with Gasteiger partial charge < -0.3 is 9.84 Å². The van der Waals surface area contributed by atoms with Crippen LogP contribution in [0.15, 0.2) is 84.9 Å². The average molecular weight is 511 g/mol. The highest BCUT2D eigenvalue weighted by Gasteiger charge is 2.40. The zero-order valence-corrected chi connectivity index (χ0v) is 20.3. The Hall–Kier alpha value is -5.63. The van der Waals surface area contributed by atoms with Crippen molar-refractivity contribution in [2.75, 3.05) is 9.80 Å². The highest BCUT2D eigenvalue weighted by Crippen LogP contribution is 2.43. The average Bonchev–Trinajstić information content (AvgIpc) is 3.37. The van der Waals surface area contributed by atoms with E-state index in [9.17, 15) is 19.5 Å². The van der Waals surface area contributed by atoms with E-state index in [-0.39, 0.29) is 33.8 Å². The predicted octanol–water partition coefficient (Wildman–Crippen LogP) is 4.89. The molecule has 2 aliphatic heterocycles. The molecule has 1 N–H and O–H groups in total. The molecule has 7 nitrogen and oxygen atoms in total. The number of benzene rings is 4. The van der Waals surface area contributed by atoms with Crippen LogP contribution in [0.1, 0.15) is 54.0 Å². The normalized spacial score (nSPS) is 15.6. The third-order valence-corrected chi connectivity index (χ3v) is 6.67. The lowest BCUT2D eigenvalue weighted by molar-refractivity contribution is 0.0917. The molecular weight excluding hydrogens is 492 g/mol. The number of fused-ring (bicyclic) bond motifs is 2. The van der Waals surface area contributed by atoms with Gasteiger partial charge in [-0.15, -0.1) is 12.8 Å². The van der Waals surface area contributed by atoms with Crippen LogP contribution < -0.4 is 14.5 Å². The number of carbonyl (C=O) groups is 3. The van der Waals surface area contributed by atoms with Crippen LogP contribution in [-0.2, 0) is 0 Å². The third kappa shape index (κ3) is 3.74. The van der Waals surface area contributed by atoms with Crippen LogP contribution in [-0.4, -0.2) is 22.8 Å².